The zero-order valence-electron chi connectivity index (χ0n) is 7.97. The number of hydrogen-bond donors (Lipinski definition) is 0. The van der Waals surface area contributed by atoms with Gasteiger partial charge in [-0.25, -0.2) is 0 Å². The Morgan fingerprint density at radius 3 is 2.71 bits per heavy atom. The van der Waals surface area contributed by atoms with Crippen LogP contribution in [-0.4, -0.2) is 12.3 Å². The van der Waals surface area contributed by atoms with Crippen molar-refractivity contribution in [1.82, 2.24) is 4.98 Å². The first-order chi connectivity index (χ1) is 6.95. The summed E-state index contributed by atoms with van der Waals surface area (Å²) in [7, 11) is 0. The van der Waals surface area contributed by atoms with Gasteiger partial charge in [0.2, 0.25) is 0 Å². The second kappa shape index (κ2) is 6.74. The molecule has 1 aromatic rings. The molecule has 0 bridgehead atoms. The van der Waals surface area contributed by atoms with Crippen molar-refractivity contribution in [3.8, 4) is 0 Å². The van der Waals surface area contributed by atoms with E-state index >= 15 is 0 Å². The van der Waals surface area contributed by atoms with Gasteiger partial charge in [0.05, 0.1) is 0 Å². The first kappa shape index (κ1) is 11.4. The van der Waals surface area contributed by atoms with Crippen molar-refractivity contribution in [1.29, 1.82) is 0 Å². The van der Waals surface area contributed by atoms with E-state index in [1.807, 2.05) is 18.3 Å². The minimum atomic E-state index is 0.571. The average Bonchev–Trinajstić information content (AvgIpc) is 2.91. The van der Waals surface area contributed by atoms with Crippen LogP contribution in [0.2, 0.25) is 0 Å². The summed E-state index contributed by atoms with van der Waals surface area (Å²) in [6.07, 6.45) is 8.91. The number of aliphatic imine (C=N–C) groups is 1. The second-order valence-corrected chi connectivity index (χ2v) is 3.28. The Morgan fingerprint density at radius 2 is 2.14 bits per heavy atom. The fourth-order valence-corrected chi connectivity index (χ4v) is 1.63. The summed E-state index contributed by atoms with van der Waals surface area (Å²) in [5.74, 6) is 0. The third-order valence-corrected chi connectivity index (χ3v) is 2.32. The topological polar surface area (TPSA) is 43.5 Å². The molecule has 0 radical (unpaired) electrons. The van der Waals surface area contributed by atoms with Gasteiger partial charge in [-0.05, 0) is 12.8 Å². The minimum absolute atomic E-state index is 0.571. The Kier molecular flexibility index (Phi) is 5.49. The standard InChI is InChI=1S/C10H13N2.O.V/c1-2-5-9(4-1)12-8-10-6-3-7-11-10;;/h3,6-9H,1-2,4-5H2;;/q-1;;. The van der Waals surface area contributed by atoms with Crippen molar-refractivity contribution in [2.45, 2.75) is 31.7 Å². The quantitative estimate of drug-likeness (QED) is 0.725. The van der Waals surface area contributed by atoms with Gasteiger partial charge in [-0.2, -0.15) is 6.20 Å². The molecule has 0 N–H and O–H groups in total. The van der Waals surface area contributed by atoms with E-state index in [1.54, 1.807) is 6.20 Å². The number of rotatable bonds is 2. The fraction of sp³-hybridized carbons (Fsp3) is 0.500. The van der Waals surface area contributed by atoms with E-state index in [4.69, 9.17) is 3.67 Å². The van der Waals surface area contributed by atoms with E-state index in [9.17, 15) is 0 Å². The van der Waals surface area contributed by atoms with Crippen molar-refractivity contribution in [3.63, 3.8) is 0 Å². The van der Waals surface area contributed by atoms with E-state index in [1.165, 1.54) is 25.7 Å². The van der Waals surface area contributed by atoms with Crippen LogP contribution in [0, 0.1) is 0 Å². The second-order valence-electron chi connectivity index (χ2n) is 3.28. The molecule has 3 nitrogen and oxygen atoms in total. The Morgan fingerprint density at radius 1 is 1.43 bits per heavy atom. The molecule has 4 heteroatoms. The molecule has 1 aliphatic rings. The number of nitrogens with zero attached hydrogens (tertiary/aromatic N) is 2. The maximum atomic E-state index is 8.19. The van der Waals surface area contributed by atoms with Gasteiger partial charge in [-0.3, -0.25) is 4.99 Å². The van der Waals surface area contributed by atoms with Gasteiger partial charge in [0, 0.05) is 12.3 Å². The van der Waals surface area contributed by atoms with Crippen molar-refractivity contribution < 1.29 is 21.0 Å². The zero-order valence-corrected chi connectivity index (χ0v) is 9.36. The molecule has 1 saturated carbocycles. The third kappa shape index (κ3) is 3.60. The Labute approximate surface area is 93.2 Å². The number of aromatic nitrogens is 1. The molecular weight excluding hydrogens is 215 g/mol. The van der Waals surface area contributed by atoms with Gasteiger partial charge in [-0.15, -0.1) is 5.69 Å². The summed E-state index contributed by atoms with van der Waals surface area (Å²) in [5, 5.41) is 0. The monoisotopic (exact) mass is 228 g/mol. The van der Waals surface area contributed by atoms with E-state index < -0.39 is 0 Å². The van der Waals surface area contributed by atoms with Gasteiger partial charge in [0.15, 0.2) is 0 Å². The zero-order chi connectivity index (χ0) is 10.2. The third-order valence-electron chi connectivity index (χ3n) is 2.32. The van der Waals surface area contributed by atoms with Crippen LogP contribution in [0.15, 0.2) is 23.3 Å². The van der Waals surface area contributed by atoms with Crippen LogP contribution < -0.4 is 4.98 Å². The molecule has 1 fully saturated rings. The van der Waals surface area contributed by atoms with Gasteiger partial charge >= 0.3 is 21.0 Å². The van der Waals surface area contributed by atoms with Crippen molar-refractivity contribution >= 4 is 6.21 Å². The molecule has 1 aliphatic carbocycles. The normalized spacial score (nSPS) is 16.8. The molecule has 75 valence electrons. The van der Waals surface area contributed by atoms with Crippen molar-refractivity contribution in [3.05, 3.63) is 24.0 Å². The predicted molar refractivity (Wildman–Crippen MR) is 50.3 cm³/mol. The molecule has 14 heavy (non-hydrogen) atoms. The van der Waals surface area contributed by atoms with Crippen molar-refractivity contribution in [2.75, 3.05) is 0 Å². The Balaban J connectivity index is 0.000000461. The Bertz CT molecular complexity index is 266. The molecular formula is C10H13N2OV-. The summed E-state index contributed by atoms with van der Waals surface area (Å²) in [4.78, 5) is 8.61. The summed E-state index contributed by atoms with van der Waals surface area (Å²) in [6, 6.07) is 4.50. The van der Waals surface area contributed by atoms with E-state index in [0.717, 1.165) is 23.1 Å². The van der Waals surface area contributed by atoms with E-state index in [-0.39, 0.29) is 0 Å². The van der Waals surface area contributed by atoms with Gasteiger partial charge < -0.3 is 4.98 Å². The summed E-state index contributed by atoms with van der Waals surface area (Å²) >= 11 is 1.06. The van der Waals surface area contributed by atoms with Crippen LogP contribution in [0.3, 0.4) is 0 Å². The van der Waals surface area contributed by atoms with E-state index in [2.05, 4.69) is 9.98 Å². The van der Waals surface area contributed by atoms with Crippen LogP contribution in [-0.2, 0) is 21.0 Å². The molecule has 0 amide bonds. The van der Waals surface area contributed by atoms with Crippen LogP contribution in [0.1, 0.15) is 31.4 Å². The fourth-order valence-electron chi connectivity index (χ4n) is 1.63. The van der Waals surface area contributed by atoms with Crippen LogP contribution in [0.25, 0.3) is 0 Å². The van der Waals surface area contributed by atoms with E-state index in [0.29, 0.717) is 6.04 Å². The molecule has 0 saturated heterocycles. The molecule has 0 unspecified atom stereocenters. The summed E-state index contributed by atoms with van der Waals surface area (Å²) < 4.78 is 8.19. The Hall–Kier alpha value is -0.666. The first-order valence-electron chi connectivity index (χ1n) is 4.74. The molecule has 0 aromatic carbocycles. The first-order valence-corrected chi connectivity index (χ1v) is 5.31. The SMILES string of the molecule is C(=NC1CCCC1)c1ccc[n-]1.[O]=[V]. The maximum absolute atomic E-state index is 8.19. The van der Waals surface area contributed by atoms with Crippen LogP contribution in [0.5, 0.6) is 0 Å². The van der Waals surface area contributed by atoms with Gasteiger partial charge in [-0.1, -0.05) is 25.0 Å². The molecule has 0 aliphatic heterocycles. The summed E-state index contributed by atoms with van der Waals surface area (Å²) in [6.45, 7) is 0. The molecule has 2 rings (SSSR count). The predicted octanol–water partition coefficient (Wildman–Crippen LogP) is 1.88. The van der Waals surface area contributed by atoms with Crippen molar-refractivity contribution in [2.24, 2.45) is 4.99 Å². The van der Waals surface area contributed by atoms with Crippen LogP contribution in [0.4, 0.5) is 0 Å². The number of hydrogen-bond acceptors (Lipinski definition) is 2. The van der Waals surface area contributed by atoms with Gasteiger partial charge in [0.25, 0.3) is 0 Å². The molecule has 1 aromatic heterocycles. The van der Waals surface area contributed by atoms with Crippen LogP contribution >= 0.6 is 0 Å². The average molecular weight is 228 g/mol. The molecule has 1 heterocycles. The summed E-state index contributed by atoms with van der Waals surface area (Å²) in [5.41, 5.74) is 0.988. The molecule has 0 atom stereocenters. The molecule has 0 spiro atoms. The van der Waals surface area contributed by atoms with Gasteiger partial charge in [0.1, 0.15) is 0 Å².